The number of rotatable bonds is 5. The molecule has 106 valence electrons. The van der Waals surface area contributed by atoms with Gasteiger partial charge in [0.2, 0.25) is 0 Å². The molecule has 0 N–H and O–H groups in total. The Labute approximate surface area is 117 Å². The summed E-state index contributed by atoms with van der Waals surface area (Å²) in [5.74, 6) is 2.28. The summed E-state index contributed by atoms with van der Waals surface area (Å²) in [5.41, 5.74) is 1.13. The van der Waals surface area contributed by atoms with Crippen LogP contribution in [-0.4, -0.2) is 17.7 Å². The Balaban J connectivity index is 1.82. The largest absolute Gasteiger partial charge is 0.378 e. The van der Waals surface area contributed by atoms with Crippen molar-refractivity contribution >= 4 is 0 Å². The minimum atomic E-state index is 0.451. The summed E-state index contributed by atoms with van der Waals surface area (Å²) < 4.78 is 6.19. The predicted molar refractivity (Wildman–Crippen MR) is 79.0 cm³/mol. The van der Waals surface area contributed by atoms with Gasteiger partial charge in [0.05, 0.1) is 12.7 Å². The maximum atomic E-state index is 6.19. The van der Waals surface area contributed by atoms with E-state index in [1.807, 2.05) is 18.3 Å². The minimum absolute atomic E-state index is 0.451. The van der Waals surface area contributed by atoms with E-state index in [0.717, 1.165) is 36.5 Å². The molecule has 1 aliphatic rings. The van der Waals surface area contributed by atoms with E-state index >= 15 is 0 Å². The molecule has 0 spiro atoms. The third-order valence-corrected chi connectivity index (χ3v) is 4.38. The lowest BCUT2D eigenvalue weighted by Gasteiger charge is -2.37. The maximum absolute atomic E-state index is 6.19. The highest BCUT2D eigenvalue weighted by Gasteiger charge is 2.31. The van der Waals surface area contributed by atoms with E-state index in [0.29, 0.717) is 6.10 Å². The second-order valence-corrected chi connectivity index (χ2v) is 6.31. The molecule has 0 radical (unpaired) electrons. The molecule has 1 heterocycles. The molecule has 19 heavy (non-hydrogen) atoms. The number of pyridine rings is 1. The summed E-state index contributed by atoms with van der Waals surface area (Å²) in [6.07, 6.45) is 7.15. The second-order valence-electron chi connectivity index (χ2n) is 6.31. The lowest BCUT2D eigenvalue weighted by Crippen LogP contribution is -2.34. The van der Waals surface area contributed by atoms with Gasteiger partial charge in [0.1, 0.15) is 0 Å². The lowest BCUT2D eigenvalue weighted by molar-refractivity contribution is -0.0371. The Hall–Kier alpha value is -0.890. The molecule has 0 saturated heterocycles. The first-order chi connectivity index (χ1) is 9.16. The Bertz CT molecular complexity index is 363. The van der Waals surface area contributed by atoms with E-state index in [4.69, 9.17) is 4.74 Å². The fraction of sp³-hybridized carbons (Fsp3) is 0.706. The molecule has 2 nitrogen and oxygen atoms in total. The van der Waals surface area contributed by atoms with Crippen LogP contribution in [0.1, 0.15) is 45.7 Å². The summed E-state index contributed by atoms with van der Waals surface area (Å²) in [7, 11) is 0. The maximum Gasteiger partial charge on any atom is 0.0608 e. The Morgan fingerprint density at radius 3 is 2.84 bits per heavy atom. The van der Waals surface area contributed by atoms with Crippen molar-refractivity contribution in [1.29, 1.82) is 0 Å². The third-order valence-electron chi connectivity index (χ3n) is 4.38. The monoisotopic (exact) mass is 261 g/mol. The SMILES string of the molecule is CC(C)[C@@H]1CC[C@@H](C)C[C@H]1OCCc1ccccn1. The number of nitrogens with zero attached hydrogens (tertiary/aromatic N) is 1. The van der Waals surface area contributed by atoms with Gasteiger partial charge in [-0.1, -0.05) is 33.3 Å². The summed E-state index contributed by atoms with van der Waals surface area (Å²) >= 11 is 0. The zero-order valence-corrected chi connectivity index (χ0v) is 12.5. The Morgan fingerprint density at radius 2 is 2.16 bits per heavy atom. The van der Waals surface area contributed by atoms with Gasteiger partial charge in [-0.15, -0.1) is 0 Å². The van der Waals surface area contributed by atoms with Crippen molar-refractivity contribution in [3.8, 4) is 0 Å². The highest BCUT2D eigenvalue weighted by Crippen LogP contribution is 2.35. The Kier molecular flexibility index (Phi) is 5.38. The predicted octanol–water partition coefficient (Wildman–Crippen LogP) is 4.10. The van der Waals surface area contributed by atoms with Crippen LogP contribution in [0.4, 0.5) is 0 Å². The van der Waals surface area contributed by atoms with Gasteiger partial charge in [0.25, 0.3) is 0 Å². The van der Waals surface area contributed by atoms with E-state index in [1.54, 1.807) is 0 Å². The molecule has 1 aromatic heterocycles. The number of aromatic nitrogens is 1. The molecule has 0 bridgehead atoms. The van der Waals surface area contributed by atoms with Crippen LogP contribution < -0.4 is 0 Å². The highest BCUT2D eigenvalue weighted by atomic mass is 16.5. The van der Waals surface area contributed by atoms with Crippen LogP contribution in [0.2, 0.25) is 0 Å². The van der Waals surface area contributed by atoms with Gasteiger partial charge in [0, 0.05) is 18.3 Å². The molecule has 0 amide bonds. The second kappa shape index (κ2) is 7.04. The van der Waals surface area contributed by atoms with Crippen molar-refractivity contribution in [2.24, 2.45) is 17.8 Å². The van der Waals surface area contributed by atoms with Crippen LogP contribution in [-0.2, 0) is 11.2 Å². The van der Waals surface area contributed by atoms with E-state index in [1.165, 1.54) is 19.3 Å². The van der Waals surface area contributed by atoms with Gasteiger partial charge in [0.15, 0.2) is 0 Å². The van der Waals surface area contributed by atoms with Gasteiger partial charge in [-0.2, -0.15) is 0 Å². The molecule has 1 saturated carbocycles. The van der Waals surface area contributed by atoms with Crippen molar-refractivity contribution in [2.75, 3.05) is 6.61 Å². The van der Waals surface area contributed by atoms with Crippen molar-refractivity contribution in [1.82, 2.24) is 4.98 Å². The van der Waals surface area contributed by atoms with Gasteiger partial charge in [-0.3, -0.25) is 4.98 Å². The molecule has 0 aliphatic heterocycles. The summed E-state index contributed by atoms with van der Waals surface area (Å²) in [6, 6.07) is 6.08. The van der Waals surface area contributed by atoms with Gasteiger partial charge >= 0.3 is 0 Å². The Morgan fingerprint density at radius 1 is 1.32 bits per heavy atom. The van der Waals surface area contributed by atoms with Crippen molar-refractivity contribution in [3.63, 3.8) is 0 Å². The average molecular weight is 261 g/mol. The summed E-state index contributed by atoms with van der Waals surface area (Å²) in [5, 5.41) is 0. The first-order valence-electron chi connectivity index (χ1n) is 7.68. The zero-order chi connectivity index (χ0) is 13.7. The summed E-state index contributed by atoms with van der Waals surface area (Å²) in [6.45, 7) is 7.81. The quantitative estimate of drug-likeness (QED) is 0.796. The van der Waals surface area contributed by atoms with Crippen LogP contribution in [0, 0.1) is 17.8 Å². The first kappa shape index (κ1) is 14.5. The molecule has 1 aliphatic carbocycles. The number of hydrogen-bond donors (Lipinski definition) is 0. The topological polar surface area (TPSA) is 22.1 Å². The van der Waals surface area contributed by atoms with Crippen molar-refractivity contribution in [3.05, 3.63) is 30.1 Å². The van der Waals surface area contributed by atoms with Crippen LogP contribution in [0.5, 0.6) is 0 Å². The molecular weight excluding hydrogens is 234 g/mol. The fourth-order valence-corrected chi connectivity index (χ4v) is 3.17. The first-order valence-corrected chi connectivity index (χ1v) is 7.68. The van der Waals surface area contributed by atoms with Crippen molar-refractivity contribution < 1.29 is 4.74 Å². The van der Waals surface area contributed by atoms with E-state index < -0.39 is 0 Å². The van der Waals surface area contributed by atoms with E-state index in [9.17, 15) is 0 Å². The molecule has 1 fully saturated rings. The number of hydrogen-bond acceptors (Lipinski definition) is 2. The fourth-order valence-electron chi connectivity index (χ4n) is 3.17. The third kappa shape index (κ3) is 4.31. The average Bonchev–Trinajstić information content (AvgIpc) is 2.39. The number of ether oxygens (including phenoxy) is 1. The van der Waals surface area contributed by atoms with Gasteiger partial charge in [-0.25, -0.2) is 0 Å². The smallest absolute Gasteiger partial charge is 0.0608 e. The molecular formula is C17H27NO. The highest BCUT2D eigenvalue weighted by molar-refractivity contribution is 5.03. The van der Waals surface area contributed by atoms with E-state index in [-0.39, 0.29) is 0 Å². The molecule has 1 aromatic rings. The normalized spacial score (nSPS) is 27.7. The van der Waals surface area contributed by atoms with Crippen LogP contribution >= 0.6 is 0 Å². The van der Waals surface area contributed by atoms with Crippen molar-refractivity contribution in [2.45, 2.75) is 52.6 Å². The van der Waals surface area contributed by atoms with Crippen LogP contribution in [0.25, 0.3) is 0 Å². The van der Waals surface area contributed by atoms with Gasteiger partial charge in [-0.05, 0) is 42.7 Å². The minimum Gasteiger partial charge on any atom is -0.378 e. The zero-order valence-electron chi connectivity index (χ0n) is 12.5. The van der Waals surface area contributed by atoms with E-state index in [2.05, 4.69) is 31.8 Å². The molecule has 3 atom stereocenters. The standard InChI is InChI=1S/C17H27NO/c1-13(2)16-8-7-14(3)12-17(16)19-11-9-15-6-4-5-10-18-15/h4-6,10,13-14,16-17H,7-9,11-12H2,1-3H3/t14-,16+,17-/m1/s1. The van der Waals surface area contributed by atoms with Gasteiger partial charge < -0.3 is 4.74 Å². The molecule has 2 heteroatoms. The molecule has 2 rings (SSSR count). The lowest BCUT2D eigenvalue weighted by atomic mass is 9.75. The van der Waals surface area contributed by atoms with Crippen LogP contribution in [0.15, 0.2) is 24.4 Å². The molecule has 0 unspecified atom stereocenters. The summed E-state index contributed by atoms with van der Waals surface area (Å²) in [4.78, 5) is 4.35. The molecule has 0 aromatic carbocycles. The van der Waals surface area contributed by atoms with Crippen LogP contribution in [0.3, 0.4) is 0 Å².